The fraction of sp³-hybridized carbons (Fsp3) is 0.278. The molecule has 0 aliphatic rings. The predicted octanol–water partition coefficient (Wildman–Crippen LogP) is 1.19. The highest BCUT2D eigenvalue weighted by Crippen LogP contribution is 2.29. The van der Waals surface area contributed by atoms with Crippen LogP contribution < -0.4 is 15.8 Å². The van der Waals surface area contributed by atoms with Gasteiger partial charge >= 0.3 is 0 Å². The van der Waals surface area contributed by atoms with Crippen molar-refractivity contribution in [3.63, 3.8) is 0 Å². The van der Waals surface area contributed by atoms with Crippen LogP contribution in [0.25, 0.3) is 11.0 Å². The summed E-state index contributed by atoms with van der Waals surface area (Å²) in [5.74, 6) is 0.150. The maximum atomic E-state index is 12.6. The lowest BCUT2D eigenvalue weighted by Gasteiger charge is -2.12. The molecule has 0 radical (unpaired) electrons. The van der Waals surface area contributed by atoms with Gasteiger partial charge in [-0.25, -0.2) is 0 Å². The van der Waals surface area contributed by atoms with E-state index in [1.54, 1.807) is 38.1 Å². The molecule has 2 aromatic heterocycles. The van der Waals surface area contributed by atoms with Gasteiger partial charge in [-0.3, -0.25) is 9.59 Å². The van der Waals surface area contributed by atoms with Crippen molar-refractivity contribution in [2.45, 2.75) is 26.5 Å². The minimum Gasteiger partial charge on any atom is -0.487 e. The minimum atomic E-state index is -1.18. The number of aryl methyl sites for hydroxylation is 2. The molecule has 3 rings (SSSR count). The van der Waals surface area contributed by atoms with Gasteiger partial charge in [-0.1, -0.05) is 5.16 Å². The fourth-order valence-corrected chi connectivity index (χ4v) is 2.65. The molecule has 0 bridgehead atoms. The first-order chi connectivity index (χ1) is 12.9. The summed E-state index contributed by atoms with van der Waals surface area (Å²) in [6, 6.07) is 5.63. The van der Waals surface area contributed by atoms with E-state index in [9.17, 15) is 14.7 Å². The molecule has 0 fully saturated rings. The van der Waals surface area contributed by atoms with Crippen LogP contribution in [0.4, 0.5) is 0 Å². The van der Waals surface area contributed by atoms with Crippen molar-refractivity contribution in [2.75, 3.05) is 6.61 Å². The summed E-state index contributed by atoms with van der Waals surface area (Å²) < 4.78 is 16.3. The van der Waals surface area contributed by atoms with Gasteiger partial charge in [0.05, 0.1) is 12.2 Å². The zero-order valence-electron chi connectivity index (χ0n) is 14.8. The lowest BCUT2D eigenvalue weighted by molar-refractivity contribution is -0.120. The number of amides is 2. The third kappa shape index (κ3) is 3.93. The van der Waals surface area contributed by atoms with E-state index < -0.39 is 24.5 Å². The van der Waals surface area contributed by atoms with E-state index >= 15 is 0 Å². The van der Waals surface area contributed by atoms with Crippen molar-refractivity contribution < 1.29 is 28.4 Å². The molecule has 1 aromatic carbocycles. The van der Waals surface area contributed by atoms with Gasteiger partial charge < -0.3 is 29.8 Å². The molecule has 27 heavy (non-hydrogen) atoms. The molecule has 2 amide bonds. The maximum absolute atomic E-state index is 12.6. The molecule has 0 spiro atoms. The average molecular weight is 373 g/mol. The standard InChI is InChI=1S/C18H19N3O6/c1-9-5-11(21-27-9)8-25-12-3-4-15-13(6-12)16(10(2)26-15)18(24)20-14(7-22)17(19)23/h3-6,14,22H,7-8H2,1-2H3,(H2,19,23)(H,20,24). The Labute approximate surface area is 154 Å². The summed E-state index contributed by atoms with van der Waals surface area (Å²) in [5.41, 5.74) is 6.52. The van der Waals surface area contributed by atoms with Crippen molar-refractivity contribution in [1.82, 2.24) is 10.5 Å². The van der Waals surface area contributed by atoms with Gasteiger partial charge in [0.25, 0.3) is 5.91 Å². The quantitative estimate of drug-likeness (QED) is 0.565. The largest absolute Gasteiger partial charge is 0.487 e. The zero-order chi connectivity index (χ0) is 19.6. The number of carbonyl (C=O) groups is 2. The van der Waals surface area contributed by atoms with E-state index in [1.807, 2.05) is 0 Å². The molecular weight excluding hydrogens is 354 g/mol. The monoisotopic (exact) mass is 373 g/mol. The first-order valence-corrected chi connectivity index (χ1v) is 8.18. The summed E-state index contributed by atoms with van der Waals surface area (Å²) in [7, 11) is 0. The van der Waals surface area contributed by atoms with E-state index in [1.165, 1.54) is 0 Å². The molecule has 9 heteroatoms. The van der Waals surface area contributed by atoms with Gasteiger partial charge in [-0.15, -0.1) is 0 Å². The second kappa shape index (κ2) is 7.50. The fourth-order valence-electron chi connectivity index (χ4n) is 2.65. The van der Waals surface area contributed by atoms with E-state index in [0.29, 0.717) is 33.9 Å². The molecule has 0 aliphatic carbocycles. The van der Waals surface area contributed by atoms with Gasteiger partial charge in [0, 0.05) is 11.5 Å². The number of nitrogens with zero attached hydrogens (tertiary/aromatic N) is 1. The highest BCUT2D eigenvalue weighted by atomic mass is 16.5. The van der Waals surface area contributed by atoms with Crippen LogP contribution >= 0.6 is 0 Å². The smallest absolute Gasteiger partial charge is 0.256 e. The van der Waals surface area contributed by atoms with Gasteiger partial charge in [0.1, 0.15) is 41.2 Å². The van der Waals surface area contributed by atoms with E-state index in [0.717, 1.165) is 0 Å². The summed E-state index contributed by atoms with van der Waals surface area (Å²) >= 11 is 0. The highest BCUT2D eigenvalue weighted by Gasteiger charge is 2.23. The van der Waals surface area contributed by atoms with Gasteiger partial charge in [-0.05, 0) is 32.0 Å². The van der Waals surface area contributed by atoms with Crippen LogP contribution in [0.3, 0.4) is 0 Å². The van der Waals surface area contributed by atoms with Crippen LogP contribution in [0.15, 0.2) is 33.2 Å². The Kier molecular flexibility index (Phi) is 5.13. The Bertz CT molecular complexity index is 990. The highest BCUT2D eigenvalue weighted by molar-refractivity contribution is 6.08. The molecular formula is C18H19N3O6. The number of hydrogen-bond donors (Lipinski definition) is 3. The number of fused-ring (bicyclic) bond motifs is 1. The number of ether oxygens (including phenoxy) is 1. The van der Waals surface area contributed by atoms with Crippen molar-refractivity contribution in [2.24, 2.45) is 5.73 Å². The summed E-state index contributed by atoms with van der Waals surface area (Å²) in [5, 5.41) is 15.9. The number of aliphatic hydroxyl groups excluding tert-OH is 1. The van der Waals surface area contributed by atoms with Crippen LogP contribution in [0.2, 0.25) is 0 Å². The van der Waals surface area contributed by atoms with Crippen LogP contribution in [0.1, 0.15) is 27.6 Å². The third-order valence-electron chi connectivity index (χ3n) is 3.96. The Hall–Kier alpha value is -3.33. The van der Waals surface area contributed by atoms with Gasteiger partial charge in [0.2, 0.25) is 5.91 Å². The molecule has 0 aliphatic heterocycles. The molecule has 9 nitrogen and oxygen atoms in total. The number of nitrogens with one attached hydrogen (secondary N) is 1. The van der Waals surface area contributed by atoms with E-state index in [4.69, 9.17) is 19.4 Å². The molecule has 3 aromatic rings. The number of aliphatic hydroxyl groups is 1. The number of aromatic nitrogens is 1. The molecule has 4 N–H and O–H groups in total. The van der Waals surface area contributed by atoms with Crippen molar-refractivity contribution in [3.8, 4) is 5.75 Å². The lowest BCUT2D eigenvalue weighted by atomic mass is 10.1. The maximum Gasteiger partial charge on any atom is 0.256 e. The Morgan fingerprint density at radius 3 is 2.74 bits per heavy atom. The first kappa shape index (κ1) is 18.5. The SMILES string of the molecule is Cc1cc(COc2ccc3oc(C)c(C(=O)NC(CO)C(N)=O)c3c2)no1. The van der Waals surface area contributed by atoms with E-state index in [2.05, 4.69) is 10.5 Å². The molecule has 2 heterocycles. The number of hydrogen-bond acceptors (Lipinski definition) is 7. The van der Waals surface area contributed by atoms with Gasteiger partial charge in [0.15, 0.2) is 0 Å². The number of nitrogens with two attached hydrogens (primary N) is 1. The second-order valence-corrected chi connectivity index (χ2v) is 6.02. The van der Waals surface area contributed by atoms with Crippen molar-refractivity contribution in [1.29, 1.82) is 0 Å². The topological polar surface area (TPSA) is 141 Å². The van der Waals surface area contributed by atoms with Crippen LogP contribution in [-0.2, 0) is 11.4 Å². The molecule has 1 atom stereocenters. The zero-order valence-corrected chi connectivity index (χ0v) is 14.8. The minimum absolute atomic E-state index is 0.204. The Balaban J connectivity index is 1.85. The van der Waals surface area contributed by atoms with Crippen molar-refractivity contribution >= 4 is 22.8 Å². The van der Waals surface area contributed by atoms with E-state index in [-0.39, 0.29) is 12.2 Å². The van der Waals surface area contributed by atoms with Crippen LogP contribution in [0, 0.1) is 13.8 Å². The number of carbonyl (C=O) groups excluding carboxylic acids is 2. The average Bonchev–Trinajstić information content (AvgIpc) is 3.19. The predicted molar refractivity (Wildman–Crippen MR) is 94.1 cm³/mol. The third-order valence-corrected chi connectivity index (χ3v) is 3.96. The normalized spacial score (nSPS) is 12.1. The Morgan fingerprint density at radius 1 is 1.33 bits per heavy atom. The molecule has 142 valence electrons. The molecule has 1 unspecified atom stereocenters. The summed E-state index contributed by atoms with van der Waals surface area (Å²) in [4.78, 5) is 23.8. The van der Waals surface area contributed by atoms with Crippen LogP contribution in [0.5, 0.6) is 5.75 Å². The number of rotatable bonds is 7. The summed E-state index contributed by atoms with van der Waals surface area (Å²) in [6.45, 7) is 3.02. The molecule has 0 saturated carbocycles. The first-order valence-electron chi connectivity index (χ1n) is 8.18. The molecule has 0 saturated heterocycles. The number of primary amides is 1. The Morgan fingerprint density at radius 2 is 2.11 bits per heavy atom. The second-order valence-electron chi connectivity index (χ2n) is 6.02. The van der Waals surface area contributed by atoms with Crippen LogP contribution in [-0.4, -0.2) is 34.7 Å². The lowest BCUT2D eigenvalue weighted by Crippen LogP contribution is -2.46. The number of benzene rings is 1. The summed E-state index contributed by atoms with van der Waals surface area (Å²) in [6.07, 6.45) is 0. The number of furan rings is 1. The van der Waals surface area contributed by atoms with Gasteiger partial charge in [-0.2, -0.15) is 0 Å². The van der Waals surface area contributed by atoms with Crippen molar-refractivity contribution in [3.05, 3.63) is 47.0 Å².